The summed E-state index contributed by atoms with van der Waals surface area (Å²) in [5.74, 6) is 0. The van der Waals surface area contributed by atoms with Crippen molar-refractivity contribution >= 4 is 5.69 Å². The minimum absolute atomic E-state index is 0.810. The summed E-state index contributed by atoms with van der Waals surface area (Å²) in [6.45, 7) is 4.90. The molecule has 0 spiro atoms. The highest BCUT2D eigenvalue weighted by atomic mass is 15.3. The van der Waals surface area contributed by atoms with Crippen LogP contribution >= 0.6 is 0 Å². The van der Waals surface area contributed by atoms with Gasteiger partial charge in [0, 0.05) is 25.0 Å². The molecule has 0 aliphatic heterocycles. The molecule has 0 saturated carbocycles. The van der Waals surface area contributed by atoms with E-state index in [4.69, 9.17) is 0 Å². The number of nitrogens with zero attached hydrogens (tertiary/aromatic N) is 3. The second kappa shape index (κ2) is 7.10. The predicted molar refractivity (Wildman–Crippen MR) is 83.7 cm³/mol. The average Bonchev–Trinajstić information content (AvgIpc) is 2.85. The van der Waals surface area contributed by atoms with Gasteiger partial charge in [-0.05, 0) is 38.2 Å². The van der Waals surface area contributed by atoms with E-state index in [1.165, 1.54) is 16.9 Å². The van der Waals surface area contributed by atoms with Crippen LogP contribution in [-0.4, -0.2) is 28.8 Å². The predicted octanol–water partition coefficient (Wildman–Crippen LogP) is 2.97. The molecule has 4 heteroatoms. The average molecular weight is 272 g/mol. The lowest BCUT2D eigenvalue weighted by molar-refractivity contribution is 0.403. The zero-order chi connectivity index (χ0) is 14.4. The van der Waals surface area contributed by atoms with Crippen LogP contribution < -0.4 is 5.32 Å². The first-order valence-corrected chi connectivity index (χ1v) is 7.18. The van der Waals surface area contributed by atoms with E-state index in [1.54, 1.807) is 0 Å². The molecule has 0 unspecified atom stereocenters. The summed E-state index contributed by atoms with van der Waals surface area (Å²) in [6, 6.07) is 10.6. The van der Waals surface area contributed by atoms with Crippen LogP contribution in [-0.2, 0) is 19.6 Å². The van der Waals surface area contributed by atoms with Crippen LogP contribution in [0.15, 0.2) is 36.5 Å². The van der Waals surface area contributed by atoms with Crippen molar-refractivity contribution in [3.63, 3.8) is 0 Å². The number of hydrogen-bond donors (Lipinski definition) is 1. The molecule has 0 fully saturated rings. The number of hydrogen-bond acceptors (Lipinski definition) is 3. The van der Waals surface area contributed by atoms with Crippen molar-refractivity contribution in [2.24, 2.45) is 0 Å². The van der Waals surface area contributed by atoms with Gasteiger partial charge in [-0.3, -0.25) is 4.68 Å². The number of aryl methyl sites for hydroxylation is 1. The van der Waals surface area contributed by atoms with Crippen molar-refractivity contribution in [1.82, 2.24) is 14.7 Å². The lowest BCUT2D eigenvalue weighted by Crippen LogP contribution is -2.14. The molecule has 1 aromatic carbocycles. The second-order valence-electron chi connectivity index (χ2n) is 5.29. The molecule has 20 heavy (non-hydrogen) atoms. The highest BCUT2D eigenvalue weighted by molar-refractivity contribution is 5.51. The first kappa shape index (κ1) is 14.6. The van der Waals surface area contributed by atoms with Crippen LogP contribution in [0.2, 0.25) is 0 Å². The molecule has 1 heterocycles. The summed E-state index contributed by atoms with van der Waals surface area (Å²) >= 11 is 0. The molecule has 1 N–H and O–H groups in total. The number of aromatic nitrogens is 2. The maximum absolute atomic E-state index is 4.36. The van der Waals surface area contributed by atoms with Gasteiger partial charge >= 0.3 is 0 Å². The number of benzene rings is 1. The van der Waals surface area contributed by atoms with Crippen molar-refractivity contribution in [2.75, 3.05) is 19.4 Å². The van der Waals surface area contributed by atoms with Gasteiger partial charge in [-0.25, -0.2) is 0 Å². The fourth-order valence-electron chi connectivity index (χ4n) is 2.28. The van der Waals surface area contributed by atoms with E-state index in [-0.39, 0.29) is 0 Å². The van der Waals surface area contributed by atoms with Gasteiger partial charge in [-0.15, -0.1) is 0 Å². The van der Waals surface area contributed by atoms with Gasteiger partial charge in [0.1, 0.15) is 0 Å². The molecule has 0 atom stereocenters. The summed E-state index contributed by atoms with van der Waals surface area (Å²) in [5.41, 5.74) is 3.75. The third kappa shape index (κ3) is 3.84. The van der Waals surface area contributed by atoms with Crippen molar-refractivity contribution < 1.29 is 0 Å². The van der Waals surface area contributed by atoms with Gasteiger partial charge in [-0.2, -0.15) is 5.10 Å². The van der Waals surface area contributed by atoms with E-state index in [2.05, 4.69) is 71.3 Å². The van der Waals surface area contributed by atoms with E-state index in [9.17, 15) is 0 Å². The van der Waals surface area contributed by atoms with Crippen LogP contribution in [0.3, 0.4) is 0 Å². The molecule has 0 amide bonds. The van der Waals surface area contributed by atoms with Gasteiger partial charge in [-0.1, -0.05) is 25.1 Å². The summed E-state index contributed by atoms with van der Waals surface area (Å²) in [4.78, 5) is 2.18. The molecule has 4 nitrogen and oxygen atoms in total. The molecule has 0 aliphatic rings. The Bertz CT molecular complexity index is 531. The lowest BCUT2D eigenvalue weighted by atomic mass is 10.1. The van der Waals surface area contributed by atoms with Crippen LogP contribution in [0.25, 0.3) is 0 Å². The number of para-hydroxylation sites is 1. The SMILES string of the molecule is CCCn1nccc1CNc1ccccc1CN(C)C. The Hall–Kier alpha value is -1.81. The Labute approximate surface area is 121 Å². The quantitative estimate of drug-likeness (QED) is 0.841. The first-order chi connectivity index (χ1) is 9.70. The van der Waals surface area contributed by atoms with Gasteiger partial charge in [0.2, 0.25) is 0 Å². The Morgan fingerprint density at radius 1 is 1.20 bits per heavy atom. The Balaban J connectivity index is 2.05. The highest BCUT2D eigenvalue weighted by Crippen LogP contribution is 2.17. The molecular formula is C16H24N4. The minimum Gasteiger partial charge on any atom is -0.379 e. The van der Waals surface area contributed by atoms with Crippen LogP contribution in [0.5, 0.6) is 0 Å². The summed E-state index contributed by atoms with van der Waals surface area (Å²) in [6.07, 6.45) is 2.98. The molecule has 1 aromatic heterocycles. The molecular weight excluding hydrogens is 248 g/mol. The molecule has 108 valence electrons. The standard InChI is InChI=1S/C16H24N4/c1-4-11-20-15(9-10-18-20)12-17-16-8-6-5-7-14(16)13-19(2)3/h5-10,17H,4,11-13H2,1-3H3. The topological polar surface area (TPSA) is 33.1 Å². The second-order valence-corrected chi connectivity index (χ2v) is 5.29. The molecule has 2 rings (SSSR count). The fraction of sp³-hybridized carbons (Fsp3) is 0.438. The van der Waals surface area contributed by atoms with Crippen molar-refractivity contribution in [3.8, 4) is 0 Å². The van der Waals surface area contributed by atoms with Crippen LogP contribution in [0.4, 0.5) is 5.69 Å². The van der Waals surface area contributed by atoms with E-state index < -0.39 is 0 Å². The normalized spacial score (nSPS) is 11.0. The lowest BCUT2D eigenvalue weighted by Gasteiger charge is -2.16. The minimum atomic E-state index is 0.810. The van der Waals surface area contributed by atoms with E-state index in [0.717, 1.165) is 26.1 Å². The van der Waals surface area contributed by atoms with Crippen LogP contribution in [0.1, 0.15) is 24.6 Å². The Kier molecular flexibility index (Phi) is 5.18. The van der Waals surface area contributed by atoms with Crippen molar-refractivity contribution in [3.05, 3.63) is 47.8 Å². The maximum Gasteiger partial charge on any atom is 0.0575 e. The summed E-state index contributed by atoms with van der Waals surface area (Å²) < 4.78 is 2.07. The van der Waals surface area contributed by atoms with E-state index in [1.807, 2.05) is 6.20 Å². The zero-order valence-electron chi connectivity index (χ0n) is 12.6. The maximum atomic E-state index is 4.36. The monoisotopic (exact) mass is 272 g/mol. The summed E-state index contributed by atoms with van der Waals surface area (Å²) in [7, 11) is 4.18. The number of nitrogens with one attached hydrogen (secondary N) is 1. The Morgan fingerprint density at radius 2 is 2.00 bits per heavy atom. The molecule has 0 saturated heterocycles. The third-order valence-electron chi connectivity index (χ3n) is 3.20. The fourth-order valence-corrected chi connectivity index (χ4v) is 2.28. The number of rotatable bonds is 7. The van der Waals surface area contributed by atoms with Gasteiger partial charge in [0.25, 0.3) is 0 Å². The number of anilines is 1. The smallest absolute Gasteiger partial charge is 0.0575 e. The largest absolute Gasteiger partial charge is 0.379 e. The molecule has 0 bridgehead atoms. The van der Waals surface area contributed by atoms with Gasteiger partial charge in [0.05, 0.1) is 12.2 Å². The first-order valence-electron chi connectivity index (χ1n) is 7.18. The van der Waals surface area contributed by atoms with E-state index in [0.29, 0.717) is 0 Å². The van der Waals surface area contributed by atoms with Crippen molar-refractivity contribution in [2.45, 2.75) is 33.0 Å². The van der Waals surface area contributed by atoms with Crippen molar-refractivity contribution in [1.29, 1.82) is 0 Å². The van der Waals surface area contributed by atoms with Crippen LogP contribution in [0, 0.1) is 0 Å². The Morgan fingerprint density at radius 3 is 2.75 bits per heavy atom. The van der Waals surface area contributed by atoms with Gasteiger partial charge in [0.15, 0.2) is 0 Å². The molecule has 2 aromatic rings. The highest BCUT2D eigenvalue weighted by Gasteiger charge is 2.05. The van der Waals surface area contributed by atoms with Gasteiger partial charge < -0.3 is 10.2 Å². The molecule has 0 aliphatic carbocycles. The third-order valence-corrected chi connectivity index (χ3v) is 3.20. The van der Waals surface area contributed by atoms with E-state index >= 15 is 0 Å². The summed E-state index contributed by atoms with van der Waals surface area (Å²) in [5, 5.41) is 7.89. The molecule has 0 radical (unpaired) electrons. The zero-order valence-corrected chi connectivity index (χ0v) is 12.6.